The molecule has 0 heterocycles. The lowest BCUT2D eigenvalue weighted by Crippen LogP contribution is -2.30. The van der Waals surface area contributed by atoms with Crippen LogP contribution >= 0.6 is 0 Å². The lowest BCUT2D eigenvalue weighted by molar-refractivity contribution is -0.123. The van der Waals surface area contributed by atoms with E-state index in [2.05, 4.69) is 0 Å². The second-order valence-corrected chi connectivity index (χ2v) is 3.14. The van der Waals surface area contributed by atoms with E-state index in [1.165, 1.54) is 6.92 Å². The highest BCUT2D eigenvalue weighted by Crippen LogP contribution is 2.17. The van der Waals surface area contributed by atoms with Crippen molar-refractivity contribution in [2.24, 2.45) is 5.73 Å². The fourth-order valence-corrected chi connectivity index (χ4v) is 1.02. The van der Waals surface area contributed by atoms with Crippen molar-refractivity contribution in [2.45, 2.75) is 13.0 Å². The molecule has 1 unspecified atom stereocenters. The van der Waals surface area contributed by atoms with Crippen LogP contribution in [0.4, 0.5) is 4.39 Å². The standard InChI is InChI=1S/C10H10FNO4/c1-5(9(12)13)16-8-3-6(10(14)15)2-7(11)4-8/h2-5H,1H3,(H2,12,13)(H,14,15). The predicted molar refractivity (Wildman–Crippen MR) is 52.6 cm³/mol. The summed E-state index contributed by atoms with van der Waals surface area (Å²) >= 11 is 0. The van der Waals surface area contributed by atoms with Crippen LogP contribution in [-0.2, 0) is 4.79 Å². The van der Waals surface area contributed by atoms with Crippen molar-refractivity contribution in [3.63, 3.8) is 0 Å². The van der Waals surface area contributed by atoms with Crippen molar-refractivity contribution in [3.8, 4) is 5.75 Å². The zero-order valence-corrected chi connectivity index (χ0v) is 8.44. The summed E-state index contributed by atoms with van der Waals surface area (Å²) in [7, 11) is 0. The monoisotopic (exact) mass is 227 g/mol. The van der Waals surface area contributed by atoms with Gasteiger partial charge in [-0.15, -0.1) is 0 Å². The van der Waals surface area contributed by atoms with E-state index in [9.17, 15) is 14.0 Å². The van der Waals surface area contributed by atoms with Crippen molar-refractivity contribution in [1.29, 1.82) is 0 Å². The molecule has 86 valence electrons. The first-order chi connectivity index (χ1) is 7.40. The largest absolute Gasteiger partial charge is 0.481 e. The molecule has 16 heavy (non-hydrogen) atoms. The molecule has 1 aromatic rings. The van der Waals surface area contributed by atoms with Crippen LogP contribution in [0, 0.1) is 5.82 Å². The minimum atomic E-state index is -1.28. The molecule has 6 heteroatoms. The molecule has 0 aliphatic carbocycles. The van der Waals surface area contributed by atoms with Gasteiger partial charge < -0.3 is 15.6 Å². The molecule has 0 saturated heterocycles. The van der Waals surface area contributed by atoms with Gasteiger partial charge in [0.05, 0.1) is 5.56 Å². The van der Waals surface area contributed by atoms with E-state index < -0.39 is 23.8 Å². The Morgan fingerprint density at radius 2 is 2.06 bits per heavy atom. The van der Waals surface area contributed by atoms with Crippen LogP contribution in [0.5, 0.6) is 5.75 Å². The van der Waals surface area contributed by atoms with Crippen molar-refractivity contribution in [3.05, 3.63) is 29.6 Å². The van der Waals surface area contributed by atoms with Crippen LogP contribution in [0.3, 0.4) is 0 Å². The molecular weight excluding hydrogens is 217 g/mol. The first-order valence-corrected chi connectivity index (χ1v) is 4.40. The zero-order chi connectivity index (χ0) is 12.3. The third-order valence-corrected chi connectivity index (χ3v) is 1.83. The fourth-order valence-electron chi connectivity index (χ4n) is 1.02. The maximum Gasteiger partial charge on any atom is 0.335 e. The normalized spacial score (nSPS) is 11.9. The Kier molecular flexibility index (Phi) is 3.44. The summed E-state index contributed by atoms with van der Waals surface area (Å²) < 4.78 is 17.9. The van der Waals surface area contributed by atoms with E-state index in [0.29, 0.717) is 0 Å². The van der Waals surface area contributed by atoms with Crippen molar-refractivity contribution < 1.29 is 23.8 Å². The Balaban J connectivity index is 2.97. The van der Waals surface area contributed by atoms with Crippen LogP contribution in [0.2, 0.25) is 0 Å². The number of benzene rings is 1. The highest BCUT2D eigenvalue weighted by atomic mass is 19.1. The SMILES string of the molecule is CC(Oc1cc(F)cc(C(=O)O)c1)C(N)=O. The van der Waals surface area contributed by atoms with E-state index in [4.69, 9.17) is 15.6 Å². The number of carbonyl (C=O) groups is 2. The summed E-state index contributed by atoms with van der Waals surface area (Å²) in [5, 5.41) is 8.66. The molecule has 0 saturated carbocycles. The summed E-state index contributed by atoms with van der Waals surface area (Å²) in [6, 6.07) is 2.95. The molecule has 1 aromatic carbocycles. The zero-order valence-electron chi connectivity index (χ0n) is 8.44. The van der Waals surface area contributed by atoms with Crippen LogP contribution in [0.25, 0.3) is 0 Å². The smallest absolute Gasteiger partial charge is 0.335 e. The third kappa shape index (κ3) is 2.94. The third-order valence-electron chi connectivity index (χ3n) is 1.83. The van der Waals surface area contributed by atoms with E-state index >= 15 is 0 Å². The highest BCUT2D eigenvalue weighted by Gasteiger charge is 2.13. The van der Waals surface area contributed by atoms with E-state index in [1.54, 1.807) is 0 Å². The number of carboxylic acid groups (broad SMARTS) is 1. The van der Waals surface area contributed by atoms with Crippen molar-refractivity contribution in [1.82, 2.24) is 0 Å². The fraction of sp³-hybridized carbons (Fsp3) is 0.200. The van der Waals surface area contributed by atoms with Crippen LogP contribution in [0.1, 0.15) is 17.3 Å². The number of hydrogen-bond donors (Lipinski definition) is 2. The number of hydrogen-bond acceptors (Lipinski definition) is 3. The molecule has 1 atom stereocenters. The molecule has 5 nitrogen and oxygen atoms in total. The van der Waals surface area contributed by atoms with Gasteiger partial charge in [-0.25, -0.2) is 9.18 Å². The van der Waals surface area contributed by atoms with Gasteiger partial charge in [0.25, 0.3) is 5.91 Å². The lowest BCUT2D eigenvalue weighted by Gasteiger charge is -2.11. The van der Waals surface area contributed by atoms with Gasteiger partial charge in [-0.3, -0.25) is 4.79 Å². The van der Waals surface area contributed by atoms with E-state index in [-0.39, 0.29) is 11.3 Å². The molecule has 0 fully saturated rings. The summed E-state index contributed by atoms with van der Waals surface area (Å²) in [4.78, 5) is 21.3. The molecule has 0 spiro atoms. The van der Waals surface area contributed by atoms with E-state index in [1.807, 2.05) is 0 Å². The number of carboxylic acids is 1. The number of aromatic carboxylic acids is 1. The highest BCUT2D eigenvalue weighted by molar-refractivity contribution is 5.88. The Labute approximate surface area is 90.6 Å². The second-order valence-electron chi connectivity index (χ2n) is 3.14. The quantitative estimate of drug-likeness (QED) is 0.795. The molecule has 1 rings (SSSR count). The average Bonchev–Trinajstić information content (AvgIpc) is 2.16. The van der Waals surface area contributed by atoms with Gasteiger partial charge in [0.15, 0.2) is 6.10 Å². The molecule has 0 bridgehead atoms. The molecule has 0 radical (unpaired) electrons. The number of carbonyl (C=O) groups excluding carboxylic acids is 1. The number of amides is 1. The summed E-state index contributed by atoms with van der Waals surface area (Å²) in [6.45, 7) is 1.38. The average molecular weight is 227 g/mol. The molecule has 0 aliphatic heterocycles. The Bertz CT molecular complexity index is 433. The maximum absolute atomic E-state index is 13.0. The number of nitrogens with two attached hydrogens (primary N) is 1. The number of primary amides is 1. The van der Waals surface area contributed by atoms with Crippen molar-refractivity contribution in [2.75, 3.05) is 0 Å². The van der Waals surface area contributed by atoms with Crippen LogP contribution in [0.15, 0.2) is 18.2 Å². The van der Waals surface area contributed by atoms with Gasteiger partial charge >= 0.3 is 5.97 Å². The van der Waals surface area contributed by atoms with Gasteiger partial charge in [0.2, 0.25) is 0 Å². The number of rotatable bonds is 4. The first kappa shape index (κ1) is 12.0. The van der Waals surface area contributed by atoms with Crippen molar-refractivity contribution >= 4 is 11.9 Å². The Hall–Kier alpha value is -2.11. The summed E-state index contributed by atoms with van der Waals surface area (Å²) in [5.74, 6) is -2.81. The molecule has 3 N–H and O–H groups in total. The summed E-state index contributed by atoms with van der Waals surface area (Å²) in [5.41, 5.74) is 4.69. The first-order valence-electron chi connectivity index (χ1n) is 4.40. The number of halogens is 1. The Morgan fingerprint density at radius 1 is 1.44 bits per heavy atom. The van der Waals surface area contributed by atoms with Gasteiger partial charge in [-0.1, -0.05) is 0 Å². The molecule has 0 aliphatic rings. The van der Waals surface area contributed by atoms with Gasteiger partial charge in [0, 0.05) is 6.07 Å². The minimum Gasteiger partial charge on any atom is -0.481 e. The molecule has 1 amide bonds. The molecule has 0 aromatic heterocycles. The predicted octanol–water partition coefficient (Wildman–Crippen LogP) is 0.776. The maximum atomic E-state index is 13.0. The lowest BCUT2D eigenvalue weighted by atomic mass is 10.2. The van der Waals surface area contributed by atoms with Crippen LogP contribution < -0.4 is 10.5 Å². The van der Waals surface area contributed by atoms with Gasteiger partial charge in [-0.2, -0.15) is 0 Å². The summed E-state index contributed by atoms with van der Waals surface area (Å²) in [6.07, 6.45) is -0.955. The second kappa shape index (κ2) is 4.61. The number of ether oxygens (including phenoxy) is 1. The van der Waals surface area contributed by atoms with Gasteiger partial charge in [0.1, 0.15) is 11.6 Å². The van der Waals surface area contributed by atoms with Gasteiger partial charge in [-0.05, 0) is 19.1 Å². The Morgan fingerprint density at radius 3 is 2.56 bits per heavy atom. The minimum absolute atomic E-state index is 0.0521. The topological polar surface area (TPSA) is 89.6 Å². The molecular formula is C10H10FNO4. The van der Waals surface area contributed by atoms with Crippen LogP contribution in [-0.4, -0.2) is 23.1 Å². The van der Waals surface area contributed by atoms with E-state index in [0.717, 1.165) is 18.2 Å².